The van der Waals surface area contributed by atoms with Crippen molar-refractivity contribution in [2.24, 2.45) is 11.3 Å². The van der Waals surface area contributed by atoms with E-state index >= 15 is 0 Å². The summed E-state index contributed by atoms with van der Waals surface area (Å²) in [7, 11) is -5.86. The number of halogens is 2. The van der Waals surface area contributed by atoms with Gasteiger partial charge in [0.15, 0.2) is 0 Å². The predicted molar refractivity (Wildman–Crippen MR) is 76.3 cm³/mol. The molecule has 0 aliphatic heterocycles. The van der Waals surface area contributed by atoms with Gasteiger partial charge in [0, 0.05) is 0 Å². The zero-order chi connectivity index (χ0) is 18.5. The quantitative estimate of drug-likeness (QED) is 0.381. The third kappa shape index (κ3) is 6.02. The summed E-state index contributed by atoms with van der Waals surface area (Å²) in [6, 6.07) is 0. The molecule has 0 spiro atoms. The van der Waals surface area contributed by atoms with Gasteiger partial charge < -0.3 is 9.47 Å². The highest BCUT2D eigenvalue weighted by atomic mass is 32.2. The third-order valence-corrected chi connectivity index (χ3v) is 4.35. The van der Waals surface area contributed by atoms with Gasteiger partial charge in [0.25, 0.3) is 0 Å². The van der Waals surface area contributed by atoms with Crippen molar-refractivity contribution in [3.63, 3.8) is 0 Å². The molecule has 7 nitrogen and oxygen atoms in total. The zero-order valence-electron chi connectivity index (χ0n) is 13.5. The van der Waals surface area contributed by atoms with Crippen molar-refractivity contribution in [2.45, 2.75) is 45.8 Å². The van der Waals surface area contributed by atoms with E-state index in [0.29, 0.717) is 0 Å². The highest BCUT2D eigenvalue weighted by Crippen LogP contribution is 2.27. The number of carbonyl (C=O) groups is 2. The van der Waals surface area contributed by atoms with Gasteiger partial charge in [-0.05, 0) is 32.6 Å². The summed E-state index contributed by atoms with van der Waals surface area (Å²) in [4.78, 5) is 22.6. The van der Waals surface area contributed by atoms with Gasteiger partial charge in [-0.1, -0.05) is 13.8 Å². The average molecular weight is 360 g/mol. The molecule has 0 aliphatic carbocycles. The second kappa shape index (κ2) is 8.00. The number of hydrogen-bond acceptors (Lipinski definition) is 6. The standard InChI is InChI=1S/C13H22F2O7S/c1-9(2)12(3,4)10(16)21-7-5-6-8-22-11(17)13(14,15)23(18,19)20/h9H,5-8H2,1-4H3,(H,18,19,20). The van der Waals surface area contributed by atoms with Gasteiger partial charge >= 0.3 is 27.3 Å². The molecule has 0 aromatic rings. The first-order valence-electron chi connectivity index (χ1n) is 6.94. The van der Waals surface area contributed by atoms with Gasteiger partial charge in [-0.3, -0.25) is 9.35 Å². The lowest BCUT2D eigenvalue weighted by atomic mass is 9.81. The molecule has 10 heteroatoms. The minimum Gasteiger partial charge on any atom is -0.465 e. The predicted octanol–water partition coefficient (Wildman–Crippen LogP) is 2.02. The second-order valence-corrected chi connectivity index (χ2v) is 7.31. The Morgan fingerprint density at radius 1 is 1.04 bits per heavy atom. The molecule has 0 amide bonds. The Hall–Kier alpha value is -1.29. The molecule has 0 atom stereocenters. The summed E-state index contributed by atoms with van der Waals surface area (Å²) in [5.74, 6) is -2.68. The van der Waals surface area contributed by atoms with Crippen LogP contribution < -0.4 is 0 Å². The Labute approximate surface area is 134 Å². The minimum absolute atomic E-state index is 0.0151. The first-order valence-corrected chi connectivity index (χ1v) is 8.38. The van der Waals surface area contributed by atoms with E-state index in [9.17, 15) is 26.8 Å². The highest BCUT2D eigenvalue weighted by Gasteiger charge is 2.54. The lowest BCUT2D eigenvalue weighted by Gasteiger charge is -2.26. The van der Waals surface area contributed by atoms with Crippen LogP contribution in [0.2, 0.25) is 0 Å². The molecule has 0 saturated carbocycles. The molecule has 0 fully saturated rings. The van der Waals surface area contributed by atoms with Crippen LogP contribution in [-0.4, -0.2) is 43.4 Å². The largest absolute Gasteiger partial charge is 0.465 e. The van der Waals surface area contributed by atoms with E-state index in [4.69, 9.17) is 9.29 Å². The van der Waals surface area contributed by atoms with Gasteiger partial charge in [-0.2, -0.15) is 17.2 Å². The van der Waals surface area contributed by atoms with Crippen LogP contribution in [0.25, 0.3) is 0 Å². The Balaban J connectivity index is 4.09. The molecular weight excluding hydrogens is 338 g/mol. The molecule has 23 heavy (non-hydrogen) atoms. The molecule has 0 unspecified atom stereocenters. The third-order valence-electron chi connectivity index (χ3n) is 3.54. The van der Waals surface area contributed by atoms with Gasteiger partial charge in [0.05, 0.1) is 18.6 Å². The number of alkyl halides is 2. The summed E-state index contributed by atoms with van der Waals surface area (Å²) >= 11 is 0. The molecule has 0 aromatic heterocycles. The Morgan fingerprint density at radius 2 is 1.43 bits per heavy atom. The van der Waals surface area contributed by atoms with Gasteiger partial charge in [0.1, 0.15) is 0 Å². The number of carbonyl (C=O) groups excluding carboxylic acids is 2. The summed E-state index contributed by atoms with van der Waals surface area (Å²) < 4.78 is 63.6. The molecule has 0 bridgehead atoms. The molecule has 0 aliphatic rings. The monoisotopic (exact) mass is 360 g/mol. The van der Waals surface area contributed by atoms with Crippen LogP contribution in [0.15, 0.2) is 0 Å². The molecular formula is C13H22F2O7S. The molecule has 0 saturated heterocycles. The van der Waals surface area contributed by atoms with E-state index in [2.05, 4.69) is 4.74 Å². The maximum absolute atomic E-state index is 12.8. The fourth-order valence-electron chi connectivity index (χ4n) is 1.14. The van der Waals surface area contributed by atoms with Crippen LogP contribution in [0.5, 0.6) is 0 Å². The first kappa shape index (κ1) is 21.7. The maximum atomic E-state index is 12.8. The Morgan fingerprint density at radius 3 is 1.78 bits per heavy atom. The van der Waals surface area contributed by atoms with E-state index < -0.39 is 39.3 Å². The van der Waals surface area contributed by atoms with Crippen molar-refractivity contribution in [2.75, 3.05) is 13.2 Å². The number of esters is 2. The lowest BCUT2D eigenvalue weighted by molar-refractivity contribution is -0.162. The second-order valence-electron chi connectivity index (χ2n) is 5.85. The van der Waals surface area contributed by atoms with Crippen LogP contribution in [0.4, 0.5) is 8.78 Å². The summed E-state index contributed by atoms with van der Waals surface area (Å²) in [6.45, 7) is 6.74. The Kier molecular flexibility index (Phi) is 7.55. The fourth-order valence-corrected chi connectivity index (χ4v) is 1.41. The van der Waals surface area contributed by atoms with Crippen LogP contribution in [0.3, 0.4) is 0 Å². The smallest absolute Gasteiger partial charge is 0.465 e. The molecule has 136 valence electrons. The van der Waals surface area contributed by atoms with Crippen LogP contribution in [-0.2, 0) is 29.2 Å². The maximum Gasteiger partial charge on any atom is 0.465 e. The van der Waals surface area contributed by atoms with E-state index in [1.54, 1.807) is 13.8 Å². The van der Waals surface area contributed by atoms with Crippen molar-refractivity contribution < 1.29 is 40.8 Å². The van der Waals surface area contributed by atoms with Crippen molar-refractivity contribution in [1.82, 2.24) is 0 Å². The molecule has 1 N–H and O–H groups in total. The van der Waals surface area contributed by atoms with Gasteiger partial charge in [0.2, 0.25) is 0 Å². The lowest BCUT2D eigenvalue weighted by Crippen LogP contribution is -2.39. The molecule has 0 aromatic carbocycles. The topological polar surface area (TPSA) is 107 Å². The SMILES string of the molecule is CC(C)C(C)(C)C(=O)OCCCCOC(=O)C(F)(F)S(=O)(=O)O. The molecule has 0 rings (SSSR count). The Bertz CT molecular complexity index is 526. The van der Waals surface area contributed by atoms with Crippen molar-refractivity contribution >= 4 is 22.1 Å². The molecule has 0 radical (unpaired) electrons. The number of unbranched alkanes of at least 4 members (excludes halogenated alkanes) is 1. The van der Waals surface area contributed by atoms with E-state index in [1.807, 2.05) is 13.8 Å². The number of ether oxygens (including phenoxy) is 2. The van der Waals surface area contributed by atoms with E-state index in [-0.39, 0.29) is 25.4 Å². The normalized spacial score (nSPS) is 13.0. The minimum atomic E-state index is -5.86. The average Bonchev–Trinajstić information content (AvgIpc) is 2.40. The zero-order valence-corrected chi connectivity index (χ0v) is 14.3. The molecule has 0 heterocycles. The number of rotatable bonds is 9. The van der Waals surface area contributed by atoms with Crippen LogP contribution in [0, 0.1) is 11.3 Å². The van der Waals surface area contributed by atoms with E-state index in [0.717, 1.165) is 0 Å². The summed E-state index contributed by atoms with van der Waals surface area (Å²) in [5, 5.41) is -5.00. The fraction of sp³-hybridized carbons (Fsp3) is 0.846. The van der Waals surface area contributed by atoms with Crippen LogP contribution >= 0.6 is 0 Å². The van der Waals surface area contributed by atoms with Gasteiger partial charge in [-0.15, -0.1) is 0 Å². The van der Waals surface area contributed by atoms with Crippen LogP contribution in [0.1, 0.15) is 40.5 Å². The summed E-state index contributed by atoms with van der Waals surface area (Å²) in [5.41, 5.74) is -0.663. The van der Waals surface area contributed by atoms with Crippen molar-refractivity contribution in [3.8, 4) is 0 Å². The summed E-state index contributed by atoms with van der Waals surface area (Å²) in [6.07, 6.45) is 0.327. The van der Waals surface area contributed by atoms with Crippen molar-refractivity contribution in [1.29, 1.82) is 0 Å². The van der Waals surface area contributed by atoms with Gasteiger partial charge in [-0.25, -0.2) is 4.79 Å². The van der Waals surface area contributed by atoms with Crippen molar-refractivity contribution in [3.05, 3.63) is 0 Å². The highest BCUT2D eigenvalue weighted by molar-refractivity contribution is 7.87. The number of hydrogen-bond donors (Lipinski definition) is 1. The first-order chi connectivity index (χ1) is 10.2. The van der Waals surface area contributed by atoms with E-state index in [1.165, 1.54) is 0 Å².